The van der Waals surface area contributed by atoms with Crippen LogP contribution in [0.15, 0.2) is 48.5 Å². The van der Waals surface area contributed by atoms with Gasteiger partial charge >= 0.3 is 6.18 Å². The lowest BCUT2D eigenvalue weighted by Gasteiger charge is -2.32. The molecule has 1 aliphatic heterocycles. The highest BCUT2D eigenvalue weighted by atomic mass is 19.4. The number of carbonyl (C=O) groups is 1. The molecule has 1 heterocycles. The van der Waals surface area contributed by atoms with Gasteiger partial charge in [0, 0.05) is 38.4 Å². The maximum Gasteiger partial charge on any atom is 0.416 e. The second kappa shape index (κ2) is 9.28. The molecule has 1 unspecified atom stereocenters. The average molecular weight is 435 g/mol. The fourth-order valence-corrected chi connectivity index (χ4v) is 3.49. The number of likely N-dealkylation sites (N-methyl/N-ethyl adjacent to an activating group) is 1. The van der Waals surface area contributed by atoms with Crippen molar-refractivity contribution < 1.29 is 23.1 Å². The van der Waals surface area contributed by atoms with Gasteiger partial charge in [-0.05, 0) is 49.4 Å². The number of aliphatic hydroxyl groups is 1. The molecule has 0 radical (unpaired) electrons. The number of halogens is 3. The van der Waals surface area contributed by atoms with E-state index in [0.717, 1.165) is 43.9 Å². The molecule has 8 heteroatoms. The molecule has 2 N–H and O–H groups in total. The van der Waals surface area contributed by atoms with E-state index >= 15 is 0 Å². The maximum absolute atomic E-state index is 12.9. The number of anilines is 1. The van der Waals surface area contributed by atoms with Crippen LogP contribution >= 0.6 is 0 Å². The Hall–Kier alpha value is -2.58. The summed E-state index contributed by atoms with van der Waals surface area (Å²) in [4.78, 5) is 16.5. The third-order valence-electron chi connectivity index (χ3n) is 5.61. The lowest BCUT2D eigenvalue weighted by atomic mass is 9.94. The Balaban J connectivity index is 1.57. The minimum Gasteiger partial charge on any atom is -0.384 e. The summed E-state index contributed by atoms with van der Waals surface area (Å²) >= 11 is 0. The molecule has 168 valence electrons. The number of alkyl halides is 3. The van der Waals surface area contributed by atoms with Crippen LogP contribution in [0.5, 0.6) is 0 Å². The Morgan fingerprint density at radius 3 is 2.26 bits per heavy atom. The van der Waals surface area contributed by atoms with Crippen molar-refractivity contribution in [3.8, 4) is 0 Å². The SMILES string of the molecule is CN1CCN(C(=O)Cc2ccc(NCC(C)(O)c3cccc(C(F)(F)F)c3)cc2)CC1. The molecular formula is C23H28F3N3O2. The van der Waals surface area contributed by atoms with Gasteiger partial charge in [-0.15, -0.1) is 0 Å². The van der Waals surface area contributed by atoms with Crippen molar-refractivity contribution in [3.05, 3.63) is 65.2 Å². The van der Waals surface area contributed by atoms with Gasteiger partial charge in [0.1, 0.15) is 5.60 Å². The third kappa shape index (κ3) is 6.21. The molecule has 5 nitrogen and oxygen atoms in total. The highest BCUT2D eigenvalue weighted by Crippen LogP contribution is 2.32. The first-order valence-corrected chi connectivity index (χ1v) is 10.2. The van der Waals surface area contributed by atoms with Crippen molar-refractivity contribution in [2.24, 2.45) is 0 Å². The van der Waals surface area contributed by atoms with Crippen LogP contribution in [0.3, 0.4) is 0 Å². The van der Waals surface area contributed by atoms with Gasteiger partial charge in [0.2, 0.25) is 5.91 Å². The van der Waals surface area contributed by atoms with Gasteiger partial charge in [-0.2, -0.15) is 13.2 Å². The number of rotatable bonds is 6. The predicted molar refractivity (Wildman–Crippen MR) is 114 cm³/mol. The van der Waals surface area contributed by atoms with Gasteiger partial charge < -0.3 is 20.2 Å². The van der Waals surface area contributed by atoms with Crippen LogP contribution in [0.25, 0.3) is 0 Å². The summed E-state index contributed by atoms with van der Waals surface area (Å²) in [6.45, 7) is 4.73. The zero-order chi connectivity index (χ0) is 22.6. The molecule has 1 aliphatic rings. The number of hydrogen-bond acceptors (Lipinski definition) is 4. The van der Waals surface area contributed by atoms with E-state index in [9.17, 15) is 23.1 Å². The molecule has 3 rings (SSSR count). The van der Waals surface area contributed by atoms with Gasteiger partial charge in [-0.1, -0.05) is 24.3 Å². The first-order chi connectivity index (χ1) is 14.5. The van der Waals surface area contributed by atoms with E-state index in [4.69, 9.17) is 0 Å². The van der Waals surface area contributed by atoms with E-state index in [-0.39, 0.29) is 18.0 Å². The molecule has 0 saturated carbocycles. The molecule has 0 spiro atoms. The van der Waals surface area contributed by atoms with E-state index in [1.807, 2.05) is 24.1 Å². The zero-order valence-electron chi connectivity index (χ0n) is 17.7. The van der Waals surface area contributed by atoms with Gasteiger partial charge in [0.15, 0.2) is 0 Å². The van der Waals surface area contributed by atoms with Crippen molar-refractivity contribution in [1.82, 2.24) is 9.80 Å². The van der Waals surface area contributed by atoms with Crippen LogP contribution in [0.2, 0.25) is 0 Å². The number of carbonyl (C=O) groups excluding carboxylic acids is 1. The van der Waals surface area contributed by atoms with Gasteiger partial charge in [0.25, 0.3) is 0 Å². The Labute approximate surface area is 180 Å². The fraction of sp³-hybridized carbons (Fsp3) is 0.435. The molecule has 2 aromatic carbocycles. The van der Waals surface area contributed by atoms with Crippen LogP contribution in [-0.4, -0.2) is 60.6 Å². The normalized spacial score (nSPS) is 17.3. The van der Waals surface area contributed by atoms with Crippen molar-refractivity contribution in [3.63, 3.8) is 0 Å². The molecule has 0 aromatic heterocycles. The van der Waals surface area contributed by atoms with Gasteiger partial charge in [0.05, 0.1) is 12.0 Å². The number of nitrogens with zero attached hydrogens (tertiary/aromatic N) is 2. The molecule has 1 atom stereocenters. The maximum atomic E-state index is 12.9. The standard InChI is InChI=1S/C23H28F3N3O2/c1-22(31,18-4-3-5-19(15-18)23(24,25)26)16-27-20-8-6-17(7-9-20)14-21(30)29-12-10-28(2)11-13-29/h3-9,15,27,31H,10-14,16H2,1-2H3. The number of piperazine rings is 1. The summed E-state index contributed by atoms with van der Waals surface area (Å²) in [6.07, 6.45) is -4.14. The van der Waals surface area contributed by atoms with Crippen molar-refractivity contribution in [1.29, 1.82) is 0 Å². The van der Waals surface area contributed by atoms with Crippen molar-refractivity contribution >= 4 is 11.6 Å². The second-order valence-corrected chi connectivity index (χ2v) is 8.26. The van der Waals surface area contributed by atoms with E-state index in [1.54, 1.807) is 12.1 Å². The third-order valence-corrected chi connectivity index (χ3v) is 5.61. The summed E-state index contributed by atoms with van der Waals surface area (Å²) in [7, 11) is 2.04. The van der Waals surface area contributed by atoms with Gasteiger partial charge in [-0.25, -0.2) is 0 Å². The lowest BCUT2D eigenvalue weighted by molar-refractivity contribution is -0.137. The zero-order valence-corrected chi connectivity index (χ0v) is 17.7. The van der Waals surface area contributed by atoms with E-state index < -0.39 is 17.3 Å². The summed E-state index contributed by atoms with van der Waals surface area (Å²) < 4.78 is 38.8. The molecule has 0 bridgehead atoms. The number of nitrogens with one attached hydrogen (secondary N) is 1. The Morgan fingerprint density at radius 2 is 1.65 bits per heavy atom. The number of amides is 1. The Bertz CT molecular complexity index is 890. The number of benzene rings is 2. The largest absolute Gasteiger partial charge is 0.416 e. The van der Waals surface area contributed by atoms with Crippen LogP contribution in [0.1, 0.15) is 23.6 Å². The highest BCUT2D eigenvalue weighted by Gasteiger charge is 2.32. The lowest BCUT2D eigenvalue weighted by Crippen LogP contribution is -2.47. The predicted octanol–water partition coefficient (Wildman–Crippen LogP) is 3.34. The van der Waals surface area contributed by atoms with E-state index in [2.05, 4.69) is 10.2 Å². The first kappa shape index (κ1) is 23.1. The summed E-state index contributed by atoms with van der Waals surface area (Å²) in [6, 6.07) is 12.0. The molecule has 1 fully saturated rings. The van der Waals surface area contributed by atoms with E-state index in [0.29, 0.717) is 12.1 Å². The molecule has 2 aromatic rings. The van der Waals surface area contributed by atoms with Crippen molar-refractivity contribution in [2.75, 3.05) is 45.1 Å². The quantitative estimate of drug-likeness (QED) is 0.731. The Morgan fingerprint density at radius 1 is 1.03 bits per heavy atom. The van der Waals surface area contributed by atoms with Crippen LogP contribution in [-0.2, 0) is 23.0 Å². The van der Waals surface area contributed by atoms with Crippen molar-refractivity contribution in [2.45, 2.75) is 25.1 Å². The monoisotopic (exact) mass is 435 g/mol. The smallest absolute Gasteiger partial charge is 0.384 e. The second-order valence-electron chi connectivity index (χ2n) is 8.26. The van der Waals surface area contributed by atoms with Crippen LogP contribution in [0, 0.1) is 0 Å². The molecule has 0 aliphatic carbocycles. The van der Waals surface area contributed by atoms with Crippen LogP contribution < -0.4 is 5.32 Å². The number of hydrogen-bond donors (Lipinski definition) is 2. The minimum absolute atomic E-state index is 0.0356. The molecule has 1 amide bonds. The molecule has 1 saturated heterocycles. The highest BCUT2D eigenvalue weighted by molar-refractivity contribution is 5.79. The first-order valence-electron chi connectivity index (χ1n) is 10.2. The molecule has 31 heavy (non-hydrogen) atoms. The van der Waals surface area contributed by atoms with Crippen LogP contribution in [0.4, 0.5) is 18.9 Å². The Kier molecular flexibility index (Phi) is 6.91. The average Bonchev–Trinajstić information content (AvgIpc) is 2.73. The fourth-order valence-electron chi connectivity index (χ4n) is 3.49. The summed E-state index contributed by atoms with van der Waals surface area (Å²) in [5.41, 5.74) is -0.497. The van der Waals surface area contributed by atoms with Gasteiger partial charge in [-0.3, -0.25) is 4.79 Å². The minimum atomic E-state index is -4.46. The summed E-state index contributed by atoms with van der Waals surface area (Å²) in [5, 5.41) is 13.7. The van der Waals surface area contributed by atoms with E-state index in [1.165, 1.54) is 19.1 Å². The topological polar surface area (TPSA) is 55.8 Å². The summed E-state index contributed by atoms with van der Waals surface area (Å²) in [5.74, 6) is 0.0984. The molecular weight excluding hydrogens is 407 g/mol.